The molecule has 19 heavy (non-hydrogen) atoms. The first-order valence-corrected chi connectivity index (χ1v) is 7.48. The minimum Gasteiger partial charge on any atom is -0.317 e. The lowest BCUT2D eigenvalue weighted by molar-refractivity contribution is 0.479. The van der Waals surface area contributed by atoms with E-state index in [0.717, 1.165) is 31.5 Å². The normalized spacial score (nSPS) is 12.5. The summed E-state index contributed by atoms with van der Waals surface area (Å²) in [5.74, 6) is 0.319. The number of rotatable bonds is 7. The predicted molar refractivity (Wildman–Crippen MR) is 78.0 cm³/mol. The van der Waals surface area contributed by atoms with Crippen molar-refractivity contribution in [2.24, 2.45) is 5.92 Å². The molecular weight excluding hydrogens is 259 g/mol. The quantitative estimate of drug-likeness (QED) is 0.840. The van der Waals surface area contributed by atoms with Gasteiger partial charge in [0.25, 0.3) is 0 Å². The number of hydrogen-bond donors (Lipinski definition) is 1. The van der Waals surface area contributed by atoms with Crippen molar-refractivity contribution in [3.63, 3.8) is 0 Å². The molecule has 0 amide bonds. The number of aromatic nitrogens is 1. The summed E-state index contributed by atoms with van der Waals surface area (Å²) in [6.07, 6.45) is 3.81. The van der Waals surface area contributed by atoms with Crippen LogP contribution in [-0.4, -0.2) is 18.1 Å². The van der Waals surface area contributed by atoms with Gasteiger partial charge in [0.1, 0.15) is 5.82 Å². The molecule has 102 valence electrons. The van der Waals surface area contributed by atoms with Crippen molar-refractivity contribution in [3.05, 3.63) is 52.2 Å². The van der Waals surface area contributed by atoms with Crippen LogP contribution in [0.25, 0.3) is 0 Å². The van der Waals surface area contributed by atoms with Crippen molar-refractivity contribution >= 4 is 11.3 Å². The van der Waals surface area contributed by atoms with E-state index in [2.05, 4.69) is 17.2 Å². The molecule has 1 heterocycles. The van der Waals surface area contributed by atoms with Crippen LogP contribution >= 0.6 is 11.3 Å². The second-order valence-electron chi connectivity index (χ2n) is 4.68. The maximum absolute atomic E-state index is 13.2. The van der Waals surface area contributed by atoms with Gasteiger partial charge in [-0.25, -0.2) is 4.39 Å². The van der Waals surface area contributed by atoms with Crippen molar-refractivity contribution in [2.75, 3.05) is 13.1 Å². The molecule has 2 aromatic rings. The first kappa shape index (κ1) is 14.2. The highest BCUT2D eigenvalue weighted by Crippen LogP contribution is 2.17. The van der Waals surface area contributed by atoms with Gasteiger partial charge in [-0.2, -0.15) is 0 Å². The maximum atomic E-state index is 13.2. The molecule has 2 rings (SSSR count). The van der Waals surface area contributed by atoms with Crippen LogP contribution in [0.4, 0.5) is 4.39 Å². The van der Waals surface area contributed by atoms with E-state index in [1.165, 1.54) is 10.9 Å². The fourth-order valence-electron chi connectivity index (χ4n) is 2.19. The highest BCUT2D eigenvalue weighted by molar-refractivity contribution is 7.09. The molecule has 1 aromatic carbocycles. The van der Waals surface area contributed by atoms with Gasteiger partial charge in [-0.3, -0.25) is 4.98 Å². The second kappa shape index (κ2) is 7.36. The SMILES string of the molecule is CCNCC(Cc1cccc(F)c1)Cc1cncs1. The number of nitrogens with one attached hydrogen (secondary N) is 1. The first-order chi connectivity index (χ1) is 9.28. The zero-order chi connectivity index (χ0) is 13.5. The van der Waals surface area contributed by atoms with Gasteiger partial charge in [0, 0.05) is 11.1 Å². The third kappa shape index (κ3) is 4.73. The minimum absolute atomic E-state index is 0.155. The summed E-state index contributed by atoms with van der Waals surface area (Å²) in [7, 11) is 0. The first-order valence-electron chi connectivity index (χ1n) is 6.60. The van der Waals surface area contributed by atoms with Gasteiger partial charge in [0.15, 0.2) is 0 Å². The average Bonchev–Trinajstić information content (AvgIpc) is 2.89. The van der Waals surface area contributed by atoms with E-state index in [4.69, 9.17) is 0 Å². The van der Waals surface area contributed by atoms with E-state index in [1.807, 2.05) is 17.8 Å². The Morgan fingerprint density at radius 3 is 2.95 bits per heavy atom. The minimum atomic E-state index is -0.155. The zero-order valence-corrected chi connectivity index (χ0v) is 11.9. The van der Waals surface area contributed by atoms with Crippen molar-refractivity contribution in [2.45, 2.75) is 19.8 Å². The van der Waals surface area contributed by atoms with E-state index in [9.17, 15) is 4.39 Å². The Labute approximate surface area is 117 Å². The molecule has 2 nitrogen and oxygen atoms in total. The van der Waals surface area contributed by atoms with Crippen LogP contribution in [0.1, 0.15) is 17.4 Å². The molecule has 0 aliphatic heterocycles. The van der Waals surface area contributed by atoms with Crippen molar-refractivity contribution in [3.8, 4) is 0 Å². The van der Waals surface area contributed by atoms with Crippen LogP contribution in [0.2, 0.25) is 0 Å². The molecule has 1 atom stereocenters. The summed E-state index contributed by atoms with van der Waals surface area (Å²) < 4.78 is 13.2. The van der Waals surface area contributed by atoms with Crippen molar-refractivity contribution < 1.29 is 4.39 Å². The number of hydrogen-bond acceptors (Lipinski definition) is 3. The molecule has 0 saturated carbocycles. The number of thiazole rings is 1. The maximum Gasteiger partial charge on any atom is 0.123 e. The number of benzene rings is 1. The summed E-state index contributed by atoms with van der Waals surface area (Å²) in [4.78, 5) is 5.41. The smallest absolute Gasteiger partial charge is 0.123 e. The summed E-state index contributed by atoms with van der Waals surface area (Å²) in [5.41, 5.74) is 2.93. The Morgan fingerprint density at radius 1 is 1.37 bits per heavy atom. The largest absolute Gasteiger partial charge is 0.317 e. The van der Waals surface area contributed by atoms with Crippen LogP contribution in [0.5, 0.6) is 0 Å². The lowest BCUT2D eigenvalue weighted by atomic mass is 9.95. The third-order valence-corrected chi connectivity index (χ3v) is 3.87. The molecule has 1 N–H and O–H groups in total. The van der Waals surface area contributed by atoms with E-state index in [-0.39, 0.29) is 5.82 Å². The van der Waals surface area contributed by atoms with Gasteiger partial charge >= 0.3 is 0 Å². The van der Waals surface area contributed by atoms with Gasteiger partial charge in [-0.05, 0) is 49.5 Å². The van der Waals surface area contributed by atoms with Crippen LogP contribution in [0, 0.1) is 11.7 Å². The highest BCUT2D eigenvalue weighted by Gasteiger charge is 2.12. The Balaban J connectivity index is 2.00. The van der Waals surface area contributed by atoms with Crippen molar-refractivity contribution in [1.29, 1.82) is 0 Å². The Kier molecular flexibility index (Phi) is 5.48. The number of halogens is 1. The van der Waals surface area contributed by atoms with E-state index < -0.39 is 0 Å². The van der Waals surface area contributed by atoms with Crippen molar-refractivity contribution in [1.82, 2.24) is 10.3 Å². The topological polar surface area (TPSA) is 24.9 Å². The van der Waals surface area contributed by atoms with Crippen LogP contribution in [-0.2, 0) is 12.8 Å². The Bertz CT molecular complexity index is 485. The third-order valence-electron chi connectivity index (χ3n) is 3.07. The summed E-state index contributed by atoms with van der Waals surface area (Å²) >= 11 is 1.69. The van der Waals surface area contributed by atoms with Crippen LogP contribution in [0.3, 0.4) is 0 Å². The molecule has 0 fully saturated rings. The van der Waals surface area contributed by atoms with Gasteiger partial charge in [0.2, 0.25) is 0 Å². The zero-order valence-electron chi connectivity index (χ0n) is 11.1. The molecule has 0 bridgehead atoms. The second-order valence-corrected chi connectivity index (χ2v) is 5.65. The molecule has 0 aliphatic rings. The molecule has 0 aliphatic carbocycles. The van der Waals surface area contributed by atoms with E-state index >= 15 is 0 Å². The molecule has 1 unspecified atom stereocenters. The fourth-order valence-corrected chi connectivity index (χ4v) is 2.90. The Morgan fingerprint density at radius 2 is 2.26 bits per heavy atom. The van der Waals surface area contributed by atoms with Gasteiger partial charge < -0.3 is 5.32 Å². The lowest BCUT2D eigenvalue weighted by Crippen LogP contribution is -2.25. The molecule has 0 saturated heterocycles. The summed E-state index contributed by atoms with van der Waals surface area (Å²) in [6, 6.07) is 6.90. The molecular formula is C15H19FN2S. The highest BCUT2D eigenvalue weighted by atomic mass is 32.1. The lowest BCUT2D eigenvalue weighted by Gasteiger charge is -2.16. The fraction of sp³-hybridized carbons (Fsp3) is 0.400. The van der Waals surface area contributed by atoms with E-state index in [0.29, 0.717) is 5.92 Å². The number of nitrogens with zero attached hydrogens (tertiary/aromatic N) is 1. The Hall–Kier alpha value is -1.26. The molecule has 1 aromatic heterocycles. The molecule has 0 radical (unpaired) electrons. The van der Waals surface area contributed by atoms with E-state index in [1.54, 1.807) is 23.5 Å². The monoisotopic (exact) mass is 278 g/mol. The average molecular weight is 278 g/mol. The van der Waals surface area contributed by atoms with Crippen LogP contribution < -0.4 is 5.32 Å². The summed E-state index contributed by atoms with van der Waals surface area (Å²) in [5, 5.41) is 3.39. The molecule has 4 heteroatoms. The molecule has 0 spiro atoms. The standard InChI is InChI=1S/C15H19FN2S/c1-2-17-9-13(8-15-10-18-11-19-15)6-12-4-3-5-14(16)7-12/h3-5,7,10-11,13,17H,2,6,8-9H2,1H3. The van der Waals surface area contributed by atoms with Crippen LogP contribution in [0.15, 0.2) is 36.0 Å². The predicted octanol–water partition coefficient (Wildman–Crippen LogP) is 3.29. The van der Waals surface area contributed by atoms with Gasteiger partial charge in [-0.1, -0.05) is 19.1 Å². The summed E-state index contributed by atoms with van der Waals surface area (Å²) in [6.45, 7) is 4.01. The van der Waals surface area contributed by atoms with Gasteiger partial charge in [-0.15, -0.1) is 11.3 Å². The van der Waals surface area contributed by atoms with Gasteiger partial charge in [0.05, 0.1) is 5.51 Å².